The van der Waals surface area contributed by atoms with Gasteiger partial charge in [0.05, 0.1) is 6.33 Å². The zero-order chi connectivity index (χ0) is 19.2. The first-order valence-electron chi connectivity index (χ1n) is 9.69. The van der Waals surface area contributed by atoms with Crippen molar-refractivity contribution >= 4 is 5.91 Å². The van der Waals surface area contributed by atoms with Crippen molar-refractivity contribution in [3.8, 4) is 5.88 Å². The van der Waals surface area contributed by atoms with Crippen LogP contribution in [0.3, 0.4) is 0 Å². The average Bonchev–Trinajstić information content (AvgIpc) is 3.24. The van der Waals surface area contributed by atoms with E-state index in [1.54, 1.807) is 18.7 Å². The third kappa shape index (κ3) is 4.76. The Balaban J connectivity index is 1.25. The predicted octanol–water partition coefficient (Wildman–Crippen LogP) is 3.45. The fourth-order valence-corrected chi connectivity index (χ4v) is 3.53. The van der Waals surface area contributed by atoms with E-state index >= 15 is 0 Å². The standard InChI is InChI=1S/C22H24N4O2/c27-22(18-6-4-17(5-7-18)15-26-14-13-23-16-26)25-19-8-10-20(11-9-19)28-21-3-1-2-12-24-21/h1-7,12-14,16,19-20H,8-11,15H2,(H,25,27). The number of imidazole rings is 1. The maximum absolute atomic E-state index is 12.5. The number of hydrogen-bond acceptors (Lipinski definition) is 4. The smallest absolute Gasteiger partial charge is 0.251 e. The van der Waals surface area contributed by atoms with E-state index in [0.29, 0.717) is 11.4 Å². The van der Waals surface area contributed by atoms with Crippen molar-refractivity contribution in [2.24, 2.45) is 0 Å². The molecule has 2 heterocycles. The van der Waals surface area contributed by atoms with Crippen molar-refractivity contribution in [1.82, 2.24) is 19.9 Å². The SMILES string of the molecule is O=C(NC1CCC(Oc2ccccn2)CC1)c1ccc(Cn2ccnc2)cc1. The molecule has 28 heavy (non-hydrogen) atoms. The first kappa shape index (κ1) is 18.2. The second-order valence-corrected chi connectivity index (χ2v) is 7.16. The Hall–Kier alpha value is -3.15. The Morgan fingerprint density at radius 3 is 2.57 bits per heavy atom. The summed E-state index contributed by atoms with van der Waals surface area (Å²) in [6.07, 6.45) is 11.1. The molecule has 0 unspecified atom stereocenters. The molecular weight excluding hydrogens is 352 g/mol. The lowest BCUT2D eigenvalue weighted by Gasteiger charge is -2.29. The van der Waals surface area contributed by atoms with Crippen LogP contribution < -0.4 is 10.1 Å². The normalized spacial score (nSPS) is 19.1. The lowest BCUT2D eigenvalue weighted by atomic mass is 9.92. The first-order chi connectivity index (χ1) is 13.8. The quantitative estimate of drug-likeness (QED) is 0.715. The summed E-state index contributed by atoms with van der Waals surface area (Å²) in [4.78, 5) is 20.8. The van der Waals surface area contributed by atoms with Crippen LogP contribution in [0.15, 0.2) is 67.4 Å². The van der Waals surface area contributed by atoms with Crippen LogP contribution in [-0.4, -0.2) is 32.6 Å². The highest BCUT2D eigenvalue weighted by molar-refractivity contribution is 5.94. The molecule has 0 spiro atoms. The maximum atomic E-state index is 12.5. The number of amides is 1. The van der Waals surface area contributed by atoms with E-state index in [9.17, 15) is 4.79 Å². The molecule has 0 saturated heterocycles. The molecule has 0 bridgehead atoms. The van der Waals surface area contributed by atoms with Gasteiger partial charge in [-0.2, -0.15) is 0 Å². The molecule has 3 aromatic rings. The van der Waals surface area contributed by atoms with E-state index in [1.807, 2.05) is 53.2 Å². The monoisotopic (exact) mass is 376 g/mol. The predicted molar refractivity (Wildman–Crippen MR) is 106 cm³/mol. The Kier molecular flexibility index (Phi) is 5.66. The summed E-state index contributed by atoms with van der Waals surface area (Å²) in [6.45, 7) is 0.752. The Morgan fingerprint density at radius 2 is 1.89 bits per heavy atom. The van der Waals surface area contributed by atoms with E-state index in [1.165, 1.54) is 0 Å². The molecule has 0 atom stereocenters. The molecule has 1 aliphatic rings. The van der Waals surface area contributed by atoms with Crippen molar-refractivity contribution in [1.29, 1.82) is 0 Å². The summed E-state index contributed by atoms with van der Waals surface area (Å²) < 4.78 is 7.92. The van der Waals surface area contributed by atoms with Gasteiger partial charge in [-0.25, -0.2) is 9.97 Å². The second kappa shape index (κ2) is 8.69. The van der Waals surface area contributed by atoms with E-state index in [0.717, 1.165) is 37.8 Å². The van der Waals surface area contributed by atoms with Crippen LogP contribution in [-0.2, 0) is 6.54 Å². The molecule has 0 aliphatic heterocycles. The second-order valence-electron chi connectivity index (χ2n) is 7.16. The van der Waals surface area contributed by atoms with E-state index in [4.69, 9.17) is 4.74 Å². The van der Waals surface area contributed by atoms with Crippen molar-refractivity contribution in [2.75, 3.05) is 0 Å². The van der Waals surface area contributed by atoms with Gasteiger partial charge in [-0.15, -0.1) is 0 Å². The van der Waals surface area contributed by atoms with E-state index < -0.39 is 0 Å². The number of carbonyl (C=O) groups is 1. The number of nitrogens with zero attached hydrogens (tertiary/aromatic N) is 3. The molecular formula is C22H24N4O2. The van der Waals surface area contributed by atoms with Gasteiger partial charge in [0, 0.05) is 42.8 Å². The summed E-state index contributed by atoms with van der Waals surface area (Å²) in [5.74, 6) is 0.661. The summed E-state index contributed by atoms with van der Waals surface area (Å²) in [7, 11) is 0. The van der Waals surface area contributed by atoms with Crippen LogP contribution in [0.1, 0.15) is 41.6 Å². The lowest BCUT2D eigenvalue weighted by Crippen LogP contribution is -2.39. The molecule has 6 heteroatoms. The maximum Gasteiger partial charge on any atom is 0.251 e. The molecule has 1 aliphatic carbocycles. The molecule has 2 aromatic heterocycles. The molecule has 1 aromatic carbocycles. The zero-order valence-electron chi connectivity index (χ0n) is 15.7. The van der Waals surface area contributed by atoms with Gasteiger partial charge in [-0.1, -0.05) is 18.2 Å². The largest absolute Gasteiger partial charge is 0.474 e. The van der Waals surface area contributed by atoms with Gasteiger partial charge < -0.3 is 14.6 Å². The van der Waals surface area contributed by atoms with E-state index in [-0.39, 0.29) is 18.1 Å². The van der Waals surface area contributed by atoms with Crippen molar-refractivity contribution in [3.05, 3.63) is 78.5 Å². The molecule has 1 amide bonds. The molecule has 144 valence electrons. The fourth-order valence-electron chi connectivity index (χ4n) is 3.53. The first-order valence-corrected chi connectivity index (χ1v) is 9.69. The molecule has 4 rings (SSSR count). The number of hydrogen-bond donors (Lipinski definition) is 1. The molecule has 0 radical (unpaired) electrons. The van der Waals surface area contributed by atoms with Crippen LogP contribution in [0.2, 0.25) is 0 Å². The summed E-state index contributed by atoms with van der Waals surface area (Å²) in [6, 6.07) is 13.6. The third-order valence-electron chi connectivity index (χ3n) is 5.08. The van der Waals surface area contributed by atoms with Crippen molar-refractivity contribution in [2.45, 2.75) is 44.4 Å². The molecule has 6 nitrogen and oxygen atoms in total. The minimum atomic E-state index is -0.0109. The lowest BCUT2D eigenvalue weighted by molar-refractivity contribution is 0.0890. The Bertz CT molecular complexity index is 871. The van der Waals surface area contributed by atoms with Crippen molar-refractivity contribution < 1.29 is 9.53 Å². The fraction of sp³-hybridized carbons (Fsp3) is 0.318. The van der Waals surface area contributed by atoms with E-state index in [2.05, 4.69) is 15.3 Å². The number of benzene rings is 1. The Labute approximate surface area is 164 Å². The van der Waals surface area contributed by atoms with Crippen LogP contribution in [0, 0.1) is 0 Å². The highest BCUT2D eigenvalue weighted by Gasteiger charge is 2.24. The van der Waals surface area contributed by atoms with Crippen molar-refractivity contribution in [3.63, 3.8) is 0 Å². The number of aromatic nitrogens is 3. The highest BCUT2D eigenvalue weighted by Crippen LogP contribution is 2.23. The Morgan fingerprint density at radius 1 is 1.07 bits per heavy atom. The molecule has 1 fully saturated rings. The zero-order valence-corrected chi connectivity index (χ0v) is 15.7. The topological polar surface area (TPSA) is 69.0 Å². The van der Waals surface area contributed by atoms with Gasteiger partial charge in [0.2, 0.25) is 5.88 Å². The summed E-state index contributed by atoms with van der Waals surface area (Å²) in [5, 5.41) is 3.16. The number of pyridine rings is 1. The minimum Gasteiger partial charge on any atom is -0.474 e. The molecule has 1 N–H and O–H groups in total. The van der Waals surface area contributed by atoms with Gasteiger partial charge in [0.15, 0.2) is 0 Å². The van der Waals surface area contributed by atoms with Gasteiger partial charge in [0.25, 0.3) is 5.91 Å². The number of ether oxygens (including phenoxy) is 1. The highest BCUT2D eigenvalue weighted by atomic mass is 16.5. The molecule has 1 saturated carbocycles. The van der Waals surface area contributed by atoms with Crippen LogP contribution in [0.25, 0.3) is 0 Å². The van der Waals surface area contributed by atoms with Gasteiger partial charge >= 0.3 is 0 Å². The summed E-state index contributed by atoms with van der Waals surface area (Å²) in [5.41, 5.74) is 1.84. The average molecular weight is 376 g/mol. The number of rotatable bonds is 6. The van der Waals surface area contributed by atoms with Gasteiger partial charge in [-0.05, 0) is 49.4 Å². The van der Waals surface area contributed by atoms with Crippen LogP contribution in [0.4, 0.5) is 0 Å². The minimum absolute atomic E-state index is 0.0109. The number of carbonyl (C=O) groups excluding carboxylic acids is 1. The van der Waals surface area contributed by atoms with Crippen LogP contribution >= 0.6 is 0 Å². The van der Waals surface area contributed by atoms with Gasteiger partial charge in [-0.3, -0.25) is 4.79 Å². The third-order valence-corrected chi connectivity index (χ3v) is 5.08. The number of nitrogens with one attached hydrogen (secondary N) is 1. The summed E-state index contributed by atoms with van der Waals surface area (Å²) >= 11 is 0. The van der Waals surface area contributed by atoms with Crippen LogP contribution in [0.5, 0.6) is 5.88 Å². The van der Waals surface area contributed by atoms with Gasteiger partial charge in [0.1, 0.15) is 6.10 Å².